The van der Waals surface area contributed by atoms with E-state index in [1.54, 1.807) is 0 Å². The normalized spacial score (nSPS) is 13.4. The number of aliphatic hydroxyl groups is 1. The second-order valence-electron chi connectivity index (χ2n) is 6.82. The molecule has 4 heteroatoms. The van der Waals surface area contributed by atoms with Crippen molar-refractivity contribution in [2.75, 3.05) is 6.54 Å². The third kappa shape index (κ3) is 4.54. The molecule has 3 aromatic rings. The average molecular weight is 347 g/mol. The quantitative estimate of drug-likeness (QED) is 0.703. The van der Waals surface area contributed by atoms with E-state index in [1.807, 2.05) is 24.5 Å². The van der Waals surface area contributed by atoms with Crippen molar-refractivity contribution in [2.24, 2.45) is 0 Å². The van der Waals surface area contributed by atoms with Crippen molar-refractivity contribution in [1.82, 2.24) is 15.3 Å². The monoisotopic (exact) mass is 347 g/mol. The smallest absolute Gasteiger partial charge is 0.115 e. The van der Waals surface area contributed by atoms with Crippen LogP contribution in [0.1, 0.15) is 41.3 Å². The Morgan fingerprint density at radius 1 is 0.885 bits per heavy atom. The standard InChI is InChI=1S/C22H25N3O/c1-15-8-16(2)10-20(9-15)22(26)13-25-17(3)18-4-6-19(7-5-18)21-11-23-14-24-12-21/h4-12,14,17,22,25-26H,13H2,1-3H3. The molecule has 2 unspecified atom stereocenters. The van der Waals surface area contributed by atoms with Gasteiger partial charge in [-0.05, 0) is 37.5 Å². The van der Waals surface area contributed by atoms with E-state index >= 15 is 0 Å². The molecule has 1 aromatic heterocycles. The zero-order chi connectivity index (χ0) is 18.5. The molecule has 0 spiro atoms. The van der Waals surface area contributed by atoms with E-state index < -0.39 is 6.10 Å². The molecule has 0 radical (unpaired) electrons. The Kier molecular flexibility index (Phi) is 5.76. The summed E-state index contributed by atoms with van der Waals surface area (Å²) in [4.78, 5) is 8.11. The van der Waals surface area contributed by atoms with Crippen LogP contribution in [0.4, 0.5) is 0 Å². The van der Waals surface area contributed by atoms with Crippen LogP contribution in [0, 0.1) is 13.8 Å². The van der Waals surface area contributed by atoms with Crippen LogP contribution in [-0.4, -0.2) is 21.6 Å². The van der Waals surface area contributed by atoms with E-state index in [2.05, 4.69) is 66.4 Å². The van der Waals surface area contributed by atoms with E-state index in [0.717, 1.165) is 16.7 Å². The zero-order valence-electron chi connectivity index (χ0n) is 15.5. The lowest BCUT2D eigenvalue weighted by Gasteiger charge is -2.19. The molecule has 0 saturated carbocycles. The number of aliphatic hydroxyl groups excluding tert-OH is 1. The summed E-state index contributed by atoms with van der Waals surface area (Å²) in [5.74, 6) is 0. The van der Waals surface area contributed by atoms with Gasteiger partial charge in [0.15, 0.2) is 0 Å². The first kappa shape index (κ1) is 18.2. The van der Waals surface area contributed by atoms with Gasteiger partial charge in [0.05, 0.1) is 6.10 Å². The van der Waals surface area contributed by atoms with Gasteiger partial charge in [0.2, 0.25) is 0 Å². The maximum atomic E-state index is 10.5. The Balaban J connectivity index is 1.62. The fraction of sp³-hybridized carbons (Fsp3) is 0.273. The Labute approximate surface area is 155 Å². The van der Waals surface area contributed by atoms with Crippen molar-refractivity contribution < 1.29 is 5.11 Å². The average Bonchev–Trinajstić information content (AvgIpc) is 2.66. The molecule has 2 N–H and O–H groups in total. The summed E-state index contributed by atoms with van der Waals surface area (Å²) in [7, 11) is 0. The molecule has 0 aliphatic rings. The lowest BCUT2D eigenvalue weighted by Crippen LogP contribution is -2.24. The zero-order valence-corrected chi connectivity index (χ0v) is 15.5. The number of aromatic nitrogens is 2. The summed E-state index contributed by atoms with van der Waals surface area (Å²) in [6.45, 7) is 6.73. The van der Waals surface area contributed by atoms with Gasteiger partial charge in [-0.25, -0.2) is 9.97 Å². The molecule has 0 fully saturated rings. The fourth-order valence-electron chi connectivity index (χ4n) is 3.14. The molecule has 2 aromatic carbocycles. The Bertz CT molecular complexity index is 827. The number of aryl methyl sites for hydroxylation is 2. The number of benzene rings is 2. The fourth-order valence-corrected chi connectivity index (χ4v) is 3.14. The van der Waals surface area contributed by atoms with Crippen molar-refractivity contribution in [3.05, 3.63) is 83.4 Å². The van der Waals surface area contributed by atoms with Crippen LogP contribution in [0.2, 0.25) is 0 Å². The minimum Gasteiger partial charge on any atom is -0.387 e. The molecule has 26 heavy (non-hydrogen) atoms. The van der Waals surface area contributed by atoms with Gasteiger partial charge >= 0.3 is 0 Å². The molecule has 3 rings (SSSR count). The molecule has 0 aliphatic heterocycles. The molecule has 0 aliphatic carbocycles. The summed E-state index contributed by atoms with van der Waals surface area (Å²) < 4.78 is 0. The first-order valence-electron chi connectivity index (χ1n) is 8.88. The molecule has 1 heterocycles. The van der Waals surface area contributed by atoms with Crippen LogP contribution in [0.15, 0.2) is 61.2 Å². The van der Waals surface area contributed by atoms with E-state index in [9.17, 15) is 5.11 Å². The Hall–Kier alpha value is -2.56. The van der Waals surface area contributed by atoms with Gasteiger partial charge in [-0.15, -0.1) is 0 Å². The lowest BCUT2D eigenvalue weighted by atomic mass is 10.0. The maximum absolute atomic E-state index is 10.5. The molecule has 4 nitrogen and oxygen atoms in total. The van der Waals surface area contributed by atoms with E-state index in [0.29, 0.717) is 6.54 Å². The number of hydrogen-bond acceptors (Lipinski definition) is 4. The summed E-state index contributed by atoms with van der Waals surface area (Å²) in [6, 6.07) is 14.7. The summed E-state index contributed by atoms with van der Waals surface area (Å²) in [5, 5.41) is 13.9. The van der Waals surface area contributed by atoms with Gasteiger partial charge in [-0.3, -0.25) is 0 Å². The van der Waals surface area contributed by atoms with Gasteiger partial charge in [0, 0.05) is 30.5 Å². The Morgan fingerprint density at radius 2 is 1.50 bits per heavy atom. The van der Waals surface area contributed by atoms with Crippen molar-refractivity contribution in [2.45, 2.75) is 32.9 Å². The minimum absolute atomic E-state index is 0.150. The highest BCUT2D eigenvalue weighted by molar-refractivity contribution is 5.61. The number of nitrogens with one attached hydrogen (secondary N) is 1. The first-order valence-corrected chi connectivity index (χ1v) is 8.88. The van der Waals surface area contributed by atoms with E-state index in [4.69, 9.17) is 0 Å². The van der Waals surface area contributed by atoms with Crippen molar-refractivity contribution in [1.29, 1.82) is 0 Å². The van der Waals surface area contributed by atoms with Crippen LogP contribution in [0.3, 0.4) is 0 Å². The first-order chi connectivity index (χ1) is 12.5. The third-order valence-corrected chi connectivity index (χ3v) is 4.55. The number of rotatable bonds is 6. The van der Waals surface area contributed by atoms with Gasteiger partial charge < -0.3 is 10.4 Å². The van der Waals surface area contributed by atoms with E-state index in [-0.39, 0.29) is 6.04 Å². The van der Waals surface area contributed by atoms with Crippen molar-refractivity contribution in [3.63, 3.8) is 0 Å². The predicted molar refractivity (Wildman–Crippen MR) is 105 cm³/mol. The summed E-state index contributed by atoms with van der Waals surface area (Å²) in [6.07, 6.45) is 4.63. The SMILES string of the molecule is Cc1cc(C)cc(C(O)CNC(C)c2ccc(-c3cncnc3)cc2)c1. The second-order valence-corrected chi connectivity index (χ2v) is 6.82. The van der Waals surface area contributed by atoms with E-state index in [1.165, 1.54) is 23.0 Å². The minimum atomic E-state index is -0.517. The van der Waals surface area contributed by atoms with Crippen LogP contribution in [0.5, 0.6) is 0 Å². The third-order valence-electron chi connectivity index (χ3n) is 4.55. The van der Waals surface area contributed by atoms with Crippen LogP contribution < -0.4 is 5.32 Å². The molecule has 2 atom stereocenters. The second kappa shape index (κ2) is 8.21. The number of hydrogen-bond donors (Lipinski definition) is 2. The number of nitrogens with zero attached hydrogens (tertiary/aromatic N) is 2. The van der Waals surface area contributed by atoms with Crippen LogP contribution >= 0.6 is 0 Å². The summed E-state index contributed by atoms with van der Waals surface area (Å²) >= 11 is 0. The van der Waals surface area contributed by atoms with Crippen LogP contribution in [-0.2, 0) is 0 Å². The summed E-state index contributed by atoms with van der Waals surface area (Å²) in [5.41, 5.74) is 6.58. The Morgan fingerprint density at radius 3 is 2.12 bits per heavy atom. The highest BCUT2D eigenvalue weighted by Gasteiger charge is 2.12. The molecule has 0 bridgehead atoms. The highest BCUT2D eigenvalue weighted by Crippen LogP contribution is 2.22. The van der Waals surface area contributed by atoms with Gasteiger partial charge in [0.1, 0.15) is 6.33 Å². The lowest BCUT2D eigenvalue weighted by molar-refractivity contribution is 0.170. The van der Waals surface area contributed by atoms with Gasteiger partial charge in [-0.2, -0.15) is 0 Å². The van der Waals surface area contributed by atoms with Crippen molar-refractivity contribution >= 4 is 0 Å². The predicted octanol–water partition coefficient (Wildman–Crippen LogP) is 4.14. The highest BCUT2D eigenvalue weighted by atomic mass is 16.3. The van der Waals surface area contributed by atoms with Gasteiger partial charge in [0.25, 0.3) is 0 Å². The molecular weight excluding hydrogens is 322 g/mol. The molecule has 134 valence electrons. The molecular formula is C22H25N3O. The van der Waals surface area contributed by atoms with Crippen LogP contribution in [0.25, 0.3) is 11.1 Å². The molecule has 0 amide bonds. The topological polar surface area (TPSA) is 58.0 Å². The largest absolute Gasteiger partial charge is 0.387 e. The molecule has 0 saturated heterocycles. The maximum Gasteiger partial charge on any atom is 0.115 e. The van der Waals surface area contributed by atoms with Crippen molar-refractivity contribution in [3.8, 4) is 11.1 Å². The van der Waals surface area contributed by atoms with Gasteiger partial charge in [-0.1, -0.05) is 53.6 Å².